The quantitative estimate of drug-likeness (QED) is 0.752. The molecule has 0 fully saturated rings. The third-order valence-electron chi connectivity index (χ3n) is 2.55. The maximum atomic E-state index is 11.8. The first-order chi connectivity index (χ1) is 8.62. The lowest BCUT2D eigenvalue weighted by Crippen LogP contribution is -2.39. The molecule has 1 amide bonds. The van der Waals surface area contributed by atoms with Crippen molar-refractivity contribution in [3.05, 3.63) is 22.7 Å². The van der Waals surface area contributed by atoms with E-state index < -0.39 is 16.1 Å². The SMILES string of the molecule is CC(C)[C@@H](N)C(=O)Nc1ccc(S(N)(=O)=O)cc1Br. The van der Waals surface area contributed by atoms with Crippen molar-refractivity contribution >= 4 is 37.5 Å². The van der Waals surface area contributed by atoms with E-state index in [0.717, 1.165) is 0 Å². The molecule has 1 atom stereocenters. The number of benzene rings is 1. The van der Waals surface area contributed by atoms with Gasteiger partial charge in [0.05, 0.1) is 16.6 Å². The molecule has 0 aliphatic carbocycles. The Bertz CT molecular complexity index is 587. The second kappa shape index (κ2) is 6.00. The van der Waals surface area contributed by atoms with E-state index in [1.807, 2.05) is 13.8 Å². The molecule has 1 aromatic carbocycles. The van der Waals surface area contributed by atoms with E-state index in [2.05, 4.69) is 21.2 Å². The molecule has 0 heterocycles. The molecular weight excluding hydrogens is 334 g/mol. The van der Waals surface area contributed by atoms with Gasteiger partial charge in [-0.25, -0.2) is 13.6 Å². The maximum Gasteiger partial charge on any atom is 0.241 e. The van der Waals surface area contributed by atoms with Gasteiger partial charge in [-0.1, -0.05) is 13.8 Å². The summed E-state index contributed by atoms with van der Waals surface area (Å²) in [4.78, 5) is 11.8. The summed E-state index contributed by atoms with van der Waals surface area (Å²) in [5, 5.41) is 7.63. The van der Waals surface area contributed by atoms with Crippen LogP contribution < -0.4 is 16.2 Å². The Hall–Kier alpha value is -0.960. The van der Waals surface area contributed by atoms with Crippen LogP contribution in [-0.4, -0.2) is 20.4 Å². The van der Waals surface area contributed by atoms with Gasteiger partial charge in [0.25, 0.3) is 0 Å². The zero-order chi connectivity index (χ0) is 14.8. The van der Waals surface area contributed by atoms with Gasteiger partial charge in [-0.15, -0.1) is 0 Å². The fraction of sp³-hybridized carbons (Fsp3) is 0.364. The summed E-state index contributed by atoms with van der Waals surface area (Å²) in [7, 11) is -3.77. The minimum atomic E-state index is -3.77. The molecule has 0 aromatic heterocycles. The first-order valence-corrected chi connectivity index (χ1v) is 7.85. The van der Waals surface area contributed by atoms with Crippen molar-refractivity contribution in [1.82, 2.24) is 0 Å². The van der Waals surface area contributed by atoms with E-state index in [1.165, 1.54) is 18.2 Å². The fourth-order valence-electron chi connectivity index (χ4n) is 1.29. The highest BCUT2D eigenvalue weighted by Gasteiger charge is 2.18. The Morgan fingerprint density at radius 2 is 1.95 bits per heavy atom. The van der Waals surface area contributed by atoms with Crippen LogP contribution in [0.4, 0.5) is 5.69 Å². The Balaban J connectivity index is 2.96. The van der Waals surface area contributed by atoms with Crippen molar-refractivity contribution in [1.29, 1.82) is 0 Å². The first kappa shape index (κ1) is 16.1. The van der Waals surface area contributed by atoms with Crippen LogP contribution in [0.1, 0.15) is 13.8 Å². The smallest absolute Gasteiger partial charge is 0.241 e. The van der Waals surface area contributed by atoms with E-state index in [-0.39, 0.29) is 16.7 Å². The summed E-state index contributed by atoms with van der Waals surface area (Å²) >= 11 is 3.18. The molecule has 106 valence electrons. The minimum absolute atomic E-state index is 0.00229. The lowest BCUT2D eigenvalue weighted by Gasteiger charge is -2.16. The van der Waals surface area contributed by atoms with Crippen LogP contribution in [0.5, 0.6) is 0 Å². The normalized spacial score (nSPS) is 13.4. The monoisotopic (exact) mass is 349 g/mol. The van der Waals surface area contributed by atoms with Gasteiger partial charge in [0.2, 0.25) is 15.9 Å². The van der Waals surface area contributed by atoms with Gasteiger partial charge < -0.3 is 11.1 Å². The second-order valence-electron chi connectivity index (χ2n) is 4.45. The number of amides is 1. The number of sulfonamides is 1. The van der Waals surface area contributed by atoms with Crippen LogP contribution in [0.2, 0.25) is 0 Å². The van der Waals surface area contributed by atoms with Crippen molar-refractivity contribution < 1.29 is 13.2 Å². The summed E-state index contributed by atoms with van der Waals surface area (Å²) in [6.07, 6.45) is 0. The Kier molecular flexibility index (Phi) is 5.08. The molecule has 1 rings (SSSR count). The van der Waals surface area contributed by atoms with Gasteiger partial charge in [0.15, 0.2) is 0 Å². The first-order valence-electron chi connectivity index (χ1n) is 5.51. The van der Waals surface area contributed by atoms with Gasteiger partial charge in [0.1, 0.15) is 0 Å². The molecule has 0 spiro atoms. The maximum absolute atomic E-state index is 11.8. The molecule has 0 aliphatic heterocycles. The minimum Gasteiger partial charge on any atom is -0.324 e. The lowest BCUT2D eigenvalue weighted by molar-refractivity contribution is -0.118. The highest BCUT2D eigenvalue weighted by molar-refractivity contribution is 9.10. The van der Waals surface area contributed by atoms with E-state index in [0.29, 0.717) is 10.2 Å². The highest BCUT2D eigenvalue weighted by atomic mass is 79.9. The van der Waals surface area contributed by atoms with Gasteiger partial charge in [-0.2, -0.15) is 0 Å². The van der Waals surface area contributed by atoms with Crippen molar-refractivity contribution in [2.45, 2.75) is 24.8 Å². The number of halogens is 1. The summed E-state index contributed by atoms with van der Waals surface area (Å²) < 4.78 is 22.8. The number of hydrogen-bond donors (Lipinski definition) is 3. The third-order valence-corrected chi connectivity index (χ3v) is 4.12. The van der Waals surface area contributed by atoms with E-state index in [9.17, 15) is 13.2 Å². The standard InChI is InChI=1S/C11H16BrN3O3S/c1-6(2)10(13)11(16)15-9-4-3-7(5-8(9)12)19(14,17)18/h3-6,10H,13H2,1-2H3,(H,15,16)(H2,14,17,18)/t10-/m1/s1. The van der Waals surface area contributed by atoms with Gasteiger partial charge in [-0.3, -0.25) is 4.79 Å². The number of primary sulfonamides is 1. The summed E-state index contributed by atoms with van der Waals surface area (Å²) in [6, 6.07) is 3.46. The average Bonchev–Trinajstić information content (AvgIpc) is 2.29. The number of carbonyl (C=O) groups excluding carboxylic acids is 1. The molecule has 0 aliphatic rings. The lowest BCUT2D eigenvalue weighted by atomic mass is 10.1. The molecule has 0 saturated heterocycles. The number of rotatable bonds is 4. The summed E-state index contributed by atoms with van der Waals surface area (Å²) in [5.74, 6) is -0.332. The van der Waals surface area contributed by atoms with Crippen LogP contribution in [-0.2, 0) is 14.8 Å². The largest absolute Gasteiger partial charge is 0.324 e. The summed E-state index contributed by atoms with van der Waals surface area (Å²) in [6.45, 7) is 3.67. The topological polar surface area (TPSA) is 115 Å². The molecule has 19 heavy (non-hydrogen) atoms. The Morgan fingerprint density at radius 1 is 1.37 bits per heavy atom. The average molecular weight is 350 g/mol. The molecule has 8 heteroatoms. The number of carbonyl (C=O) groups is 1. The predicted octanol–water partition coefficient (Wildman–Crippen LogP) is 1.02. The van der Waals surface area contributed by atoms with Crippen LogP contribution in [0, 0.1) is 5.92 Å². The van der Waals surface area contributed by atoms with Gasteiger partial charge in [0, 0.05) is 4.47 Å². The molecule has 0 unspecified atom stereocenters. The number of nitrogens with one attached hydrogen (secondary N) is 1. The number of anilines is 1. The molecule has 0 radical (unpaired) electrons. The van der Waals surface area contributed by atoms with Crippen molar-refractivity contribution in [3.63, 3.8) is 0 Å². The van der Waals surface area contributed by atoms with E-state index >= 15 is 0 Å². The van der Waals surface area contributed by atoms with Gasteiger partial charge >= 0.3 is 0 Å². The molecule has 0 saturated carbocycles. The predicted molar refractivity (Wildman–Crippen MR) is 77.0 cm³/mol. The molecular formula is C11H16BrN3O3S. The highest BCUT2D eigenvalue weighted by Crippen LogP contribution is 2.25. The van der Waals surface area contributed by atoms with E-state index in [4.69, 9.17) is 10.9 Å². The van der Waals surface area contributed by atoms with Crippen LogP contribution in [0.3, 0.4) is 0 Å². The van der Waals surface area contributed by atoms with Crippen LogP contribution >= 0.6 is 15.9 Å². The molecule has 5 N–H and O–H groups in total. The van der Waals surface area contributed by atoms with Gasteiger partial charge in [-0.05, 0) is 40.0 Å². The van der Waals surface area contributed by atoms with Crippen LogP contribution in [0.15, 0.2) is 27.6 Å². The molecule has 0 bridgehead atoms. The Labute approximate surface area is 120 Å². The fourth-order valence-corrected chi connectivity index (χ4v) is 2.46. The van der Waals surface area contributed by atoms with Crippen molar-refractivity contribution in [2.75, 3.05) is 5.32 Å². The van der Waals surface area contributed by atoms with E-state index in [1.54, 1.807) is 0 Å². The van der Waals surface area contributed by atoms with Crippen molar-refractivity contribution in [3.8, 4) is 0 Å². The number of hydrogen-bond acceptors (Lipinski definition) is 4. The van der Waals surface area contributed by atoms with Crippen molar-refractivity contribution in [2.24, 2.45) is 16.8 Å². The Morgan fingerprint density at radius 3 is 2.37 bits per heavy atom. The summed E-state index contributed by atoms with van der Waals surface area (Å²) in [5.41, 5.74) is 6.15. The van der Waals surface area contributed by atoms with Crippen LogP contribution in [0.25, 0.3) is 0 Å². The third kappa shape index (κ3) is 4.27. The molecule has 1 aromatic rings. The number of nitrogens with two attached hydrogens (primary N) is 2. The second-order valence-corrected chi connectivity index (χ2v) is 6.86. The zero-order valence-electron chi connectivity index (χ0n) is 10.6. The molecule has 6 nitrogen and oxygen atoms in total. The zero-order valence-corrected chi connectivity index (χ0v) is 13.0.